The first-order chi connectivity index (χ1) is 17.9. The molecule has 1 aliphatic heterocycles. The molecule has 9 nitrogen and oxygen atoms in total. The van der Waals surface area contributed by atoms with E-state index in [4.69, 9.17) is 4.74 Å². The van der Waals surface area contributed by atoms with E-state index < -0.39 is 0 Å². The summed E-state index contributed by atoms with van der Waals surface area (Å²) in [5.41, 5.74) is 2.20. The van der Waals surface area contributed by atoms with Gasteiger partial charge in [0.25, 0.3) is 5.56 Å². The minimum atomic E-state index is -0.291. The molecule has 1 fully saturated rings. The minimum Gasteiger partial charge on any atom is -0.490 e. The van der Waals surface area contributed by atoms with Gasteiger partial charge in [0, 0.05) is 44.0 Å². The molecule has 0 radical (unpaired) electrons. The van der Waals surface area contributed by atoms with Gasteiger partial charge in [-0.25, -0.2) is 9.37 Å². The van der Waals surface area contributed by atoms with E-state index in [0.29, 0.717) is 42.1 Å². The Kier molecular flexibility index (Phi) is 8.48. The summed E-state index contributed by atoms with van der Waals surface area (Å²) in [6.07, 6.45) is 8.23. The number of nitriles is 1. The van der Waals surface area contributed by atoms with Crippen molar-refractivity contribution in [3.05, 3.63) is 70.8 Å². The smallest absolute Gasteiger partial charge is 0.258 e. The van der Waals surface area contributed by atoms with E-state index in [2.05, 4.69) is 32.6 Å². The highest BCUT2D eigenvalue weighted by molar-refractivity contribution is 5.69. The molecule has 37 heavy (non-hydrogen) atoms. The summed E-state index contributed by atoms with van der Waals surface area (Å²) in [7, 11) is 3.89. The van der Waals surface area contributed by atoms with Gasteiger partial charge in [-0.1, -0.05) is 12.7 Å². The summed E-state index contributed by atoms with van der Waals surface area (Å²) in [6, 6.07) is 7.00. The molecule has 0 spiro atoms. The van der Waals surface area contributed by atoms with E-state index in [0.717, 1.165) is 31.5 Å². The number of benzene rings is 1. The lowest BCUT2D eigenvalue weighted by Gasteiger charge is -2.34. The van der Waals surface area contributed by atoms with Gasteiger partial charge >= 0.3 is 0 Å². The molecule has 1 atom stereocenters. The maximum Gasteiger partial charge on any atom is 0.258 e. The van der Waals surface area contributed by atoms with Crippen molar-refractivity contribution >= 4 is 6.08 Å². The highest BCUT2D eigenvalue weighted by atomic mass is 19.1. The fourth-order valence-corrected chi connectivity index (χ4v) is 4.68. The van der Waals surface area contributed by atoms with Crippen LogP contribution in [0, 0.1) is 17.1 Å². The maximum atomic E-state index is 14.1. The molecule has 0 bridgehead atoms. The zero-order valence-corrected chi connectivity index (χ0v) is 21.2. The van der Waals surface area contributed by atoms with Gasteiger partial charge in [-0.05, 0) is 44.6 Å². The van der Waals surface area contributed by atoms with Crippen molar-refractivity contribution < 1.29 is 9.13 Å². The van der Waals surface area contributed by atoms with Gasteiger partial charge in [-0.2, -0.15) is 10.4 Å². The highest BCUT2D eigenvalue weighted by Crippen LogP contribution is 2.25. The van der Waals surface area contributed by atoms with Gasteiger partial charge in [0.1, 0.15) is 17.7 Å². The van der Waals surface area contributed by atoms with Crippen LogP contribution in [0.4, 0.5) is 4.39 Å². The molecule has 1 N–H and O–H groups in total. The van der Waals surface area contributed by atoms with E-state index in [1.165, 1.54) is 24.5 Å². The molecule has 0 aliphatic carbocycles. The van der Waals surface area contributed by atoms with Crippen molar-refractivity contribution in [1.29, 1.82) is 5.26 Å². The van der Waals surface area contributed by atoms with Gasteiger partial charge < -0.3 is 19.5 Å². The summed E-state index contributed by atoms with van der Waals surface area (Å²) >= 11 is 0. The highest BCUT2D eigenvalue weighted by Gasteiger charge is 2.25. The Labute approximate surface area is 215 Å². The van der Waals surface area contributed by atoms with Gasteiger partial charge in [-0.15, -0.1) is 0 Å². The van der Waals surface area contributed by atoms with Crippen LogP contribution in [-0.4, -0.2) is 69.4 Å². The normalized spacial score (nSPS) is 15.4. The number of ether oxygens (including phenoxy) is 1. The van der Waals surface area contributed by atoms with Gasteiger partial charge in [0.05, 0.1) is 42.3 Å². The number of rotatable bonds is 10. The van der Waals surface area contributed by atoms with Crippen molar-refractivity contribution in [2.24, 2.45) is 0 Å². The third kappa shape index (κ3) is 6.70. The molecule has 0 amide bonds. The van der Waals surface area contributed by atoms with Crippen LogP contribution in [0.2, 0.25) is 0 Å². The second-order valence-corrected chi connectivity index (χ2v) is 9.57. The SMILES string of the molecule is C=Cc1c(-c2cnn(C(CC#N)CN3CCC(Oc4cc(F)cc(CN(C)C)c4)CC3)c2)nc[nH]c1=O. The number of nitrogens with zero attached hydrogens (tertiary/aromatic N) is 6. The Hall–Kier alpha value is -3.81. The lowest BCUT2D eigenvalue weighted by atomic mass is 10.1. The Morgan fingerprint density at radius 1 is 1.35 bits per heavy atom. The zero-order chi connectivity index (χ0) is 26.4. The fraction of sp³-hybridized carbons (Fsp3) is 0.407. The van der Waals surface area contributed by atoms with Gasteiger partial charge in [0.2, 0.25) is 0 Å². The number of hydrogen-bond donors (Lipinski definition) is 1. The standard InChI is InChI=1S/C27H32FN7O2/c1-4-25-26(30-18-31-27(25)36)20-14-32-35(16-20)22(5-8-29)17-34-9-6-23(7-10-34)37-24-12-19(15-33(2)3)11-21(28)13-24/h4,11-14,16,18,22-23H,1,5-7,9-10,15,17H2,2-3H3,(H,30,31,36). The lowest BCUT2D eigenvalue weighted by molar-refractivity contribution is 0.0908. The molecule has 10 heteroatoms. The number of likely N-dealkylation sites (tertiary alicyclic amines) is 1. The number of hydrogen-bond acceptors (Lipinski definition) is 7. The van der Waals surface area contributed by atoms with E-state index in [1.54, 1.807) is 10.9 Å². The third-order valence-corrected chi connectivity index (χ3v) is 6.41. The summed E-state index contributed by atoms with van der Waals surface area (Å²) in [5.74, 6) is 0.272. The van der Waals surface area contributed by atoms with Crippen molar-refractivity contribution in [2.75, 3.05) is 33.7 Å². The molecule has 1 saturated heterocycles. The van der Waals surface area contributed by atoms with Crippen LogP contribution in [0.15, 0.2) is 48.3 Å². The number of halogens is 1. The number of piperidine rings is 1. The summed E-state index contributed by atoms with van der Waals surface area (Å²) < 4.78 is 22.0. The molecular formula is C27H32FN7O2. The van der Waals surface area contributed by atoms with Crippen molar-refractivity contribution in [2.45, 2.75) is 38.0 Å². The quantitative estimate of drug-likeness (QED) is 0.450. The number of aromatic nitrogens is 4. The van der Waals surface area contributed by atoms with Crippen LogP contribution >= 0.6 is 0 Å². The fourth-order valence-electron chi connectivity index (χ4n) is 4.68. The first-order valence-corrected chi connectivity index (χ1v) is 12.3. The molecule has 1 unspecified atom stereocenters. The molecule has 3 heterocycles. The first-order valence-electron chi connectivity index (χ1n) is 12.3. The lowest BCUT2D eigenvalue weighted by Crippen LogP contribution is -2.41. The molecule has 1 aliphatic rings. The van der Waals surface area contributed by atoms with Crippen LogP contribution in [-0.2, 0) is 6.54 Å². The monoisotopic (exact) mass is 505 g/mol. The number of H-pyrrole nitrogens is 1. The predicted molar refractivity (Wildman–Crippen MR) is 139 cm³/mol. The molecular weight excluding hydrogens is 473 g/mol. The average molecular weight is 506 g/mol. The van der Waals surface area contributed by atoms with Crippen LogP contribution in [0.3, 0.4) is 0 Å². The minimum absolute atomic E-state index is 0.00977. The number of aromatic amines is 1. The Morgan fingerprint density at radius 2 is 2.14 bits per heavy atom. The van der Waals surface area contributed by atoms with Crippen molar-refractivity contribution in [3.8, 4) is 23.1 Å². The van der Waals surface area contributed by atoms with E-state index >= 15 is 0 Å². The van der Waals surface area contributed by atoms with Crippen LogP contribution in [0.5, 0.6) is 5.75 Å². The number of nitrogens with one attached hydrogen (secondary N) is 1. The van der Waals surface area contributed by atoms with Crippen LogP contribution < -0.4 is 10.3 Å². The van der Waals surface area contributed by atoms with Crippen molar-refractivity contribution in [1.82, 2.24) is 29.5 Å². The topological polar surface area (TPSA) is 103 Å². The molecule has 3 aromatic rings. The Morgan fingerprint density at radius 3 is 2.84 bits per heavy atom. The molecule has 0 saturated carbocycles. The van der Waals surface area contributed by atoms with E-state index in [9.17, 15) is 14.4 Å². The molecule has 2 aromatic heterocycles. The first kappa shape index (κ1) is 26.3. The van der Waals surface area contributed by atoms with E-state index in [1.807, 2.05) is 31.3 Å². The third-order valence-electron chi connectivity index (χ3n) is 6.41. The average Bonchev–Trinajstić information content (AvgIpc) is 3.34. The maximum absolute atomic E-state index is 14.1. The van der Waals surface area contributed by atoms with Crippen LogP contribution in [0.25, 0.3) is 17.3 Å². The van der Waals surface area contributed by atoms with Crippen LogP contribution in [0.1, 0.15) is 36.4 Å². The van der Waals surface area contributed by atoms with Crippen molar-refractivity contribution in [3.63, 3.8) is 0 Å². The zero-order valence-electron chi connectivity index (χ0n) is 21.2. The predicted octanol–water partition coefficient (Wildman–Crippen LogP) is 3.48. The molecule has 1 aromatic carbocycles. The Bertz CT molecular complexity index is 1320. The molecule has 194 valence electrons. The van der Waals surface area contributed by atoms with Gasteiger partial charge in [-0.3, -0.25) is 9.48 Å². The summed E-state index contributed by atoms with van der Waals surface area (Å²) in [4.78, 5) is 23.2. The summed E-state index contributed by atoms with van der Waals surface area (Å²) in [6.45, 7) is 6.62. The van der Waals surface area contributed by atoms with E-state index in [-0.39, 0.29) is 23.5 Å². The largest absolute Gasteiger partial charge is 0.490 e. The Balaban J connectivity index is 1.38. The van der Waals surface area contributed by atoms with Gasteiger partial charge in [0.15, 0.2) is 0 Å². The second-order valence-electron chi connectivity index (χ2n) is 9.57. The summed E-state index contributed by atoms with van der Waals surface area (Å²) in [5, 5.41) is 13.9. The second kappa shape index (κ2) is 12.0. The molecule has 4 rings (SSSR count).